The van der Waals surface area contributed by atoms with Crippen molar-refractivity contribution in [2.75, 3.05) is 25.2 Å². The van der Waals surface area contributed by atoms with Crippen molar-refractivity contribution < 1.29 is 21.9 Å². The van der Waals surface area contributed by atoms with Crippen LogP contribution in [0.2, 0.25) is 0 Å². The van der Waals surface area contributed by atoms with E-state index in [1.165, 1.54) is 12.1 Å². The summed E-state index contributed by atoms with van der Waals surface area (Å²) < 4.78 is 50.6. The highest BCUT2D eigenvalue weighted by molar-refractivity contribution is 7.91. The van der Waals surface area contributed by atoms with E-state index in [-0.39, 0.29) is 23.7 Å². The summed E-state index contributed by atoms with van der Waals surface area (Å²) in [5.74, 6) is -0.0174. The summed E-state index contributed by atoms with van der Waals surface area (Å²) in [5, 5.41) is -0.255. The third-order valence-electron chi connectivity index (χ3n) is 3.53. The number of hydrogen-bond donors (Lipinski definition) is 1. The van der Waals surface area contributed by atoms with E-state index >= 15 is 0 Å². The quantitative estimate of drug-likeness (QED) is 0.775. The average Bonchev–Trinajstić information content (AvgIpc) is 2.37. The lowest BCUT2D eigenvalue weighted by molar-refractivity contribution is 0.0741. The first kappa shape index (κ1) is 15.4. The molecule has 1 saturated heterocycles. The maximum Gasteiger partial charge on any atom is 0.157 e. The SMILES string of the molecule is CS(=O)(=O)C1(c2cc(N)nc(S(=O)[O-])c2)CCOCC1. The molecule has 1 aromatic rings. The Morgan fingerprint density at radius 2 is 2.00 bits per heavy atom. The Hall–Kier alpha value is -1.03. The topological polar surface area (TPSA) is 122 Å². The molecule has 0 spiro atoms. The van der Waals surface area contributed by atoms with E-state index in [1.807, 2.05) is 0 Å². The summed E-state index contributed by atoms with van der Waals surface area (Å²) >= 11 is -2.57. The largest absolute Gasteiger partial charge is 0.767 e. The van der Waals surface area contributed by atoms with E-state index in [2.05, 4.69) is 4.98 Å². The number of pyridine rings is 1. The molecular weight excluding hydrogens is 304 g/mol. The van der Waals surface area contributed by atoms with Gasteiger partial charge in [-0.25, -0.2) is 13.4 Å². The zero-order chi connectivity index (χ0) is 15.0. The standard InChI is InChI=1S/C11H16N2O5S2/c1-20(16,17)11(2-4-18-5-3-11)8-6-9(12)13-10(7-8)19(14)15/h6-7H,2-5H2,1H3,(H2,12,13)(H,14,15)/p-1. The number of anilines is 1. The van der Waals surface area contributed by atoms with Gasteiger partial charge in [0.05, 0.1) is 0 Å². The van der Waals surface area contributed by atoms with E-state index in [1.54, 1.807) is 0 Å². The molecule has 1 fully saturated rings. The molecule has 7 nitrogen and oxygen atoms in total. The van der Waals surface area contributed by atoms with Gasteiger partial charge in [0.25, 0.3) is 0 Å². The molecule has 2 heterocycles. The monoisotopic (exact) mass is 319 g/mol. The van der Waals surface area contributed by atoms with Crippen molar-refractivity contribution in [3.63, 3.8) is 0 Å². The highest BCUT2D eigenvalue weighted by atomic mass is 32.2. The van der Waals surface area contributed by atoms with Crippen LogP contribution in [0.1, 0.15) is 18.4 Å². The van der Waals surface area contributed by atoms with Gasteiger partial charge in [-0.1, -0.05) is 0 Å². The molecule has 2 N–H and O–H groups in total. The highest BCUT2D eigenvalue weighted by Gasteiger charge is 2.44. The molecular formula is C11H15N2O5S2-. The molecule has 2 rings (SSSR count). The smallest absolute Gasteiger partial charge is 0.157 e. The van der Waals surface area contributed by atoms with Crippen LogP contribution in [-0.4, -0.2) is 41.6 Å². The summed E-state index contributed by atoms with van der Waals surface area (Å²) in [4.78, 5) is 3.68. The van der Waals surface area contributed by atoms with Gasteiger partial charge in [0.2, 0.25) is 0 Å². The van der Waals surface area contributed by atoms with Crippen molar-refractivity contribution in [2.24, 2.45) is 0 Å². The van der Waals surface area contributed by atoms with Crippen LogP contribution < -0.4 is 5.73 Å². The first-order chi connectivity index (χ1) is 9.26. The van der Waals surface area contributed by atoms with Gasteiger partial charge in [0.1, 0.15) is 15.6 Å². The third kappa shape index (κ3) is 2.71. The lowest BCUT2D eigenvalue weighted by atomic mass is 9.91. The molecule has 112 valence electrons. The number of nitrogens with two attached hydrogens (primary N) is 1. The van der Waals surface area contributed by atoms with Gasteiger partial charge in [0, 0.05) is 19.5 Å². The Labute approximate surface area is 119 Å². The summed E-state index contributed by atoms with van der Waals surface area (Å²) in [7, 11) is -3.46. The summed E-state index contributed by atoms with van der Waals surface area (Å²) in [6.07, 6.45) is 1.67. The average molecular weight is 319 g/mol. The lowest BCUT2D eigenvalue weighted by Gasteiger charge is -2.36. The maximum atomic E-state index is 12.2. The minimum Gasteiger partial charge on any atom is -0.767 e. The molecule has 9 heteroatoms. The normalized spacial score (nSPS) is 20.5. The van der Waals surface area contributed by atoms with Crippen LogP contribution in [0.3, 0.4) is 0 Å². The van der Waals surface area contributed by atoms with Gasteiger partial charge in [-0.2, -0.15) is 0 Å². The second-order valence-corrected chi connectivity index (χ2v) is 7.95. The molecule has 0 saturated carbocycles. The Morgan fingerprint density at radius 1 is 1.40 bits per heavy atom. The second kappa shape index (κ2) is 5.40. The van der Waals surface area contributed by atoms with Crippen molar-refractivity contribution >= 4 is 26.7 Å². The molecule has 1 aliphatic heterocycles. The number of sulfone groups is 1. The molecule has 0 aliphatic carbocycles. The summed E-state index contributed by atoms with van der Waals surface area (Å²) in [6.45, 7) is 0.593. The Morgan fingerprint density at radius 3 is 2.50 bits per heavy atom. The van der Waals surface area contributed by atoms with E-state index < -0.39 is 25.7 Å². The lowest BCUT2D eigenvalue weighted by Crippen LogP contribution is -2.41. The van der Waals surface area contributed by atoms with Gasteiger partial charge < -0.3 is 15.0 Å². The van der Waals surface area contributed by atoms with Crippen LogP contribution >= 0.6 is 0 Å². The summed E-state index contributed by atoms with van der Waals surface area (Å²) in [5.41, 5.74) is 5.95. The van der Waals surface area contributed by atoms with Crippen molar-refractivity contribution in [1.29, 1.82) is 0 Å². The minimum atomic E-state index is -3.46. The molecule has 1 atom stereocenters. The molecule has 1 unspecified atom stereocenters. The zero-order valence-corrected chi connectivity index (χ0v) is 12.5. The van der Waals surface area contributed by atoms with Crippen LogP contribution in [-0.2, 0) is 30.4 Å². The van der Waals surface area contributed by atoms with Crippen molar-refractivity contribution in [2.45, 2.75) is 22.6 Å². The van der Waals surface area contributed by atoms with Gasteiger partial charge in [-0.15, -0.1) is 0 Å². The molecule has 0 aromatic carbocycles. The number of hydrogen-bond acceptors (Lipinski definition) is 7. The summed E-state index contributed by atoms with van der Waals surface area (Å²) in [6, 6.07) is 2.69. The molecule has 0 amide bonds. The Bertz CT molecular complexity index is 638. The third-order valence-corrected chi connectivity index (χ3v) is 6.14. The first-order valence-corrected chi connectivity index (χ1v) is 8.87. The molecule has 1 aliphatic rings. The molecule has 1 aromatic heterocycles. The van der Waals surface area contributed by atoms with Crippen molar-refractivity contribution in [3.8, 4) is 0 Å². The predicted octanol–water partition coefficient (Wildman–Crippen LogP) is -0.0479. The maximum absolute atomic E-state index is 12.2. The van der Waals surface area contributed by atoms with E-state index in [0.29, 0.717) is 18.8 Å². The fourth-order valence-corrected chi connectivity index (χ4v) is 4.31. The van der Waals surface area contributed by atoms with E-state index in [0.717, 1.165) is 6.26 Å². The fourth-order valence-electron chi connectivity index (χ4n) is 2.45. The molecule has 20 heavy (non-hydrogen) atoms. The van der Waals surface area contributed by atoms with Crippen LogP contribution in [0, 0.1) is 0 Å². The predicted molar refractivity (Wildman–Crippen MR) is 72.4 cm³/mol. The Balaban J connectivity index is 2.63. The fraction of sp³-hybridized carbons (Fsp3) is 0.545. The Kier molecular flexibility index (Phi) is 4.14. The van der Waals surface area contributed by atoms with E-state index in [4.69, 9.17) is 10.5 Å². The number of aromatic nitrogens is 1. The number of nitrogens with zero attached hydrogens (tertiary/aromatic N) is 1. The molecule has 0 bridgehead atoms. The van der Waals surface area contributed by atoms with Crippen molar-refractivity contribution in [3.05, 3.63) is 17.7 Å². The van der Waals surface area contributed by atoms with Gasteiger partial charge in [0.15, 0.2) is 9.84 Å². The van der Waals surface area contributed by atoms with Crippen LogP contribution in [0.5, 0.6) is 0 Å². The van der Waals surface area contributed by atoms with Gasteiger partial charge in [-0.3, -0.25) is 4.21 Å². The van der Waals surface area contributed by atoms with Crippen LogP contribution in [0.15, 0.2) is 17.2 Å². The number of ether oxygens (including phenoxy) is 1. The second-order valence-electron chi connectivity index (χ2n) is 4.73. The number of rotatable bonds is 3. The van der Waals surface area contributed by atoms with Crippen LogP contribution in [0.4, 0.5) is 5.82 Å². The molecule has 0 radical (unpaired) electrons. The van der Waals surface area contributed by atoms with Crippen molar-refractivity contribution in [1.82, 2.24) is 4.98 Å². The minimum absolute atomic E-state index is 0.0174. The van der Waals surface area contributed by atoms with Gasteiger partial charge in [-0.05, 0) is 41.6 Å². The van der Waals surface area contributed by atoms with E-state index in [9.17, 15) is 17.2 Å². The van der Waals surface area contributed by atoms with Crippen LogP contribution in [0.25, 0.3) is 0 Å². The van der Waals surface area contributed by atoms with Gasteiger partial charge >= 0.3 is 0 Å². The first-order valence-electron chi connectivity index (χ1n) is 5.91. The zero-order valence-electron chi connectivity index (χ0n) is 10.9. The highest BCUT2D eigenvalue weighted by Crippen LogP contribution is 2.40. The number of nitrogen functional groups attached to an aromatic ring is 1.